The van der Waals surface area contributed by atoms with Gasteiger partial charge >= 0.3 is 0 Å². The standard InChI is InChI=1S/C12H11ClN6O/c1-19-9-3-2-7(13)6(4-10(20)17-12(15)16)11(9)8(5-14)18-19/h2-3H,4H2,1H3,(H4,15,16,17,20). The molecule has 0 unspecified atom stereocenters. The first-order valence-electron chi connectivity index (χ1n) is 5.60. The van der Waals surface area contributed by atoms with Crippen molar-refractivity contribution in [3.8, 4) is 6.07 Å². The number of nitrogens with two attached hydrogens (primary N) is 2. The Morgan fingerprint density at radius 3 is 2.85 bits per heavy atom. The maximum Gasteiger partial charge on any atom is 0.253 e. The van der Waals surface area contributed by atoms with Gasteiger partial charge in [-0.2, -0.15) is 15.4 Å². The fourth-order valence-electron chi connectivity index (χ4n) is 1.98. The molecule has 0 atom stereocenters. The van der Waals surface area contributed by atoms with Crippen molar-refractivity contribution in [2.75, 3.05) is 0 Å². The summed E-state index contributed by atoms with van der Waals surface area (Å²) in [6.45, 7) is 0. The maximum atomic E-state index is 11.7. The lowest BCUT2D eigenvalue weighted by atomic mass is 10.0. The van der Waals surface area contributed by atoms with Gasteiger partial charge in [0.25, 0.3) is 5.91 Å². The van der Waals surface area contributed by atoms with E-state index in [0.717, 1.165) is 0 Å². The number of guanidine groups is 1. The fourth-order valence-corrected chi connectivity index (χ4v) is 2.21. The molecular formula is C12H11ClN6O. The van der Waals surface area contributed by atoms with E-state index in [1.54, 1.807) is 23.9 Å². The van der Waals surface area contributed by atoms with Crippen molar-refractivity contribution in [3.05, 3.63) is 28.4 Å². The molecule has 7 nitrogen and oxygen atoms in total. The number of amides is 1. The second-order valence-electron chi connectivity index (χ2n) is 4.11. The lowest BCUT2D eigenvalue weighted by Gasteiger charge is -2.04. The summed E-state index contributed by atoms with van der Waals surface area (Å²) in [6.07, 6.45) is -0.103. The molecule has 0 aliphatic heterocycles. The van der Waals surface area contributed by atoms with Gasteiger partial charge in [0.05, 0.1) is 11.9 Å². The van der Waals surface area contributed by atoms with E-state index in [1.807, 2.05) is 6.07 Å². The van der Waals surface area contributed by atoms with Crippen molar-refractivity contribution in [1.29, 1.82) is 5.26 Å². The summed E-state index contributed by atoms with van der Waals surface area (Å²) in [5, 5.41) is 14.1. The van der Waals surface area contributed by atoms with E-state index >= 15 is 0 Å². The molecule has 0 aliphatic carbocycles. The van der Waals surface area contributed by atoms with Gasteiger partial charge in [-0.3, -0.25) is 9.48 Å². The molecule has 0 saturated carbocycles. The first kappa shape index (κ1) is 13.8. The van der Waals surface area contributed by atoms with E-state index in [9.17, 15) is 4.79 Å². The molecule has 20 heavy (non-hydrogen) atoms. The van der Waals surface area contributed by atoms with Crippen molar-refractivity contribution < 1.29 is 4.79 Å². The van der Waals surface area contributed by atoms with Gasteiger partial charge in [0.15, 0.2) is 11.7 Å². The molecule has 0 fully saturated rings. The average molecular weight is 291 g/mol. The molecule has 102 valence electrons. The SMILES string of the molecule is Cn1nc(C#N)c2c(CC(=O)N=C(N)N)c(Cl)ccc21. The molecule has 1 heterocycles. The highest BCUT2D eigenvalue weighted by Gasteiger charge is 2.17. The van der Waals surface area contributed by atoms with Gasteiger partial charge in [-0.05, 0) is 17.7 Å². The molecule has 2 rings (SSSR count). The fraction of sp³-hybridized carbons (Fsp3) is 0.167. The topological polar surface area (TPSA) is 123 Å². The van der Waals surface area contributed by atoms with Gasteiger partial charge in [0.2, 0.25) is 0 Å². The van der Waals surface area contributed by atoms with Crippen LogP contribution in [0.15, 0.2) is 17.1 Å². The van der Waals surface area contributed by atoms with Gasteiger partial charge in [0.1, 0.15) is 6.07 Å². The van der Waals surface area contributed by atoms with Gasteiger partial charge in [-0.25, -0.2) is 0 Å². The van der Waals surface area contributed by atoms with Crippen LogP contribution in [0.5, 0.6) is 0 Å². The zero-order valence-corrected chi connectivity index (χ0v) is 11.3. The molecular weight excluding hydrogens is 280 g/mol. The second kappa shape index (κ2) is 5.19. The van der Waals surface area contributed by atoms with Crippen LogP contribution < -0.4 is 11.5 Å². The first-order chi connectivity index (χ1) is 9.43. The summed E-state index contributed by atoms with van der Waals surface area (Å²) in [4.78, 5) is 15.2. The van der Waals surface area contributed by atoms with Crippen LogP contribution in [-0.2, 0) is 18.3 Å². The lowest BCUT2D eigenvalue weighted by molar-refractivity contribution is -0.117. The number of fused-ring (bicyclic) bond motifs is 1. The minimum atomic E-state index is -0.535. The minimum Gasteiger partial charge on any atom is -0.370 e. The van der Waals surface area contributed by atoms with Gasteiger partial charge in [0, 0.05) is 17.5 Å². The van der Waals surface area contributed by atoms with Gasteiger partial charge in [-0.1, -0.05) is 11.6 Å². The quantitative estimate of drug-likeness (QED) is 0.613. The van der Waals surface area contributed by atoms with E-state index < -0.39 is 5.91 Å². The number of carbonyl (C=O) groups excluding carboxylic acids is 1. The lowest BCUT2D eigenvalue weighted by Crippen LogP contribution is -2.24. The Labute approximate surface area is 119 Å². The first-order valence-corrected chi connectivity index (χ1v) is 5.98. The zero-order valence-electron chi connectivity index (χ0n) is 10.6. The third-order valence-electron chi connectivity index (χ3n) is 2.76. The number of nitrogens with zero attached hydrogens (tertiary/aromatic N) is 4. The Kier molecular flexibility index (Phi) is 3.59. The molecule has 4 N–H and O–H groups in total. The molecule has 0 spiro atoms. The molecule has 0 bridgehead atoms. The number of aliphatic imine (C=N–C) groups is 1. The number of aromatic nitrogens is 2. The van der Waals surface area contributed by atoms with Crippen LogP contribution in [-0.4, -0.2) is 21.6 Å². The Morgan fingerprint density at radius 1 is 1.55 bits per heavy atom. The van der Waals surface area contributed by atoms with Gasteiger partial charge in [-0.15, -0.1) is 0 Å². The number of rotatable bonds is 2. The van der Waals surface area contributed by atoms with Crippen LogP contribution >= 0.6 is 11.6 Å². The molecule has 0 saturated heterocycles. The molecule has 2 aromatic rings. The molecule has 1 aromatic heterocycles. The molecule has 0 aliphatic rings. The summed E-state index contributed by atoms with van der Waals surface area (Å²) in [5.41, 5.74) is 11.7. The Balaban J connectivity index is 2.63. The number of aryl methyl sites for hydroxylation is 1. The highest BCUT2D eigenvalue weighted by molar-refractivity contribution is 6.32. The summed E-state index contributed by atoms with van der Waals surface area (Å²) >= 11 is 6.11. The third kappa shape index (κ3) is 2.41. The van der Waals surface area contributed by atoms with Crippen molar-refractivity contribution in [2.24, 2.45) is 23.5 Å². The molecule has 8 heteroatoms. The van der Waals surface area contributed by atoms with Crippen molar-refractivity contribution in [2.45, 2.75) is 6.42 Å². The molecule has 1 amide bonds. The van der Waals surface area contributed by atoms with Gasteiger partial charge < -0.3 is 11.5 Å². The molecule has 1 aromatic carbocycles. The van der Waals surface area contributed by atoms with Crippen LogP contribution in [0.1, 0.15) is 11.3 Å². The minimum absolute atomic E-state index is 0.103. The average Bonchev–Trinajstić information content (AvgIpc) is 2.69. The maximum absolute atomic E-state index is 11.7. The van der Waals surface area contributed by atoms with Crippen LogP contribution in [0.2, 0.25) is 5.02 Å². The van der Waals surface area contributed by atoms with Crippen LogP contribution in [0.4, 0.5) is 0 Å². The Bertz CT molecular complexity index is 766. The predicted molar refractivity (Wildman–Crippen MR) is 75.0 cm³/mol. The smallest absolute Gasteiger partial charge is 0.253 e. The number of hydrogen-bond acceptors (Lipinski definition) is 3. The second-order valence-corrected chi connectivity index (χ2v) is 4.52. The Morgan fingerprint density at radius 2 is 2.25 bits per heavy atom. The summed E-state index contributed by atoms with van der Waals surface area (Å²) in [7, 11) is 1.71. The predicted octanol–water partition coefficient (Wildman–Crippen LogP) is 0.441. The van der Waals surface area contributed by atoms with Crippen molar-refractivity contribution >= 4 is 34.4 Å². The summed E-state index contributed by atoms with van der Waals surface area (Å²) in [6, 6.07) is 5.37. The van der Waals surface area contributed by atoms with E-state index in [4.69, 9.17) is 28.3 Å². The van der Waals surface area contributed by atoms with E-state index in [0.29, 0.717) is 21.5 Å². The zero-order chi connectivity index (χ0) is 14.9. The number of hydrogen-bond donors (Lipinski definition) is 2. The van der Waals surface area contributed by atoms with Crippen molar-refractivity contribution in [1.82, 2.24) is 9.78 Å². The van der Waals surface area contributed by atoms with Crippen LogP contribution in [0.3, 0.4) is 0 Å². The third-order valence-corrected chi connectivity index (χ3v) is 3.11. The van der Waals surface area contributed by atoms with E-state index in [2.05, 4.69) is 10.1 Å². The molecule has 0 radical (unpaired) electrons. The largest absolute Gasteiger partial charge is 0.370 e. The number of halogens is 1. The summed E-state index contributed by atoms with van der Waals surface area (Å²) < 4.78 is 1.55. The monoisotopic (exact) mass is 290 g/mol. The normalized spacial score (nSPS) is 10.2. The van der Waals surface area contributed by atoms with E-state index in [-0.39, 0.29) is 18.1 Å². The highest BCUT2D eigenvalue weighted by Crippen LogP contribution is 2.29. The summed E-state index contributed by atoms with van der Waals surface area (Å²) in [5.74, 6) is -0.850. The Hall–Kier alpha value is -2.59. The van der Waals surface area contributed by atoms with Crippen LogP contribution in [0, 0.1) is 11.3 Å². The number of nitriles is 1. The highest BCUT2D eigenvalue weighted by atomic mass is 35.5. The van der Waals surface area contributed by atoms with Crippen molar-refractivity contribution in [3.63, 3.8) is 0 Å². The number of carbonyl (C=O) groups is 1. The number of benzene rings is 1. The van der Waals surface area contributed by atoms with E-state index in [1.165, 1.54) is 0 Å². The van der Waals surface area contributed by atoms with Crippen LogP contribution in [0.25, 0.3) is 10.9 Å².